The lowest BCUT2D eigenvalue weighted by molar-refractivity contribution is 1.64. The van der Waals surface area contributed by atoms with Gasteiger partial charge in [-0.25, -0.2) is 0 Å². The van der Waals surface area contributed by atoms with Gasteiger partial charge in [0.25, 0.3) is 0 Å². The SMILES string of the molecule is c1ccc([Si](c2ccccc2)(c2ccccc2)c2ccc(-c3ccc4c5ccccc5c5ccccc5c4c3)cc2)cc1. The predicted molar refractivity (Wildman–Crippen MR) is 188 cm³/mol. The van der Waals surface area contributed by atoms with Crippen molar-refractivity contribution in [2.75, 3.05) is 0 Å². The topological polar surface area (TPSA) is 0 Å². The number of hydrogen-bond donors (Lipinski definition) is 0. The average molecular weight is 563 g/mol. The van der Waals surface area contributed by atoms with Crippen LogP contribution >= 0.6 is 0 Å². The molecule has 0 atom stereocenters. The summed E-state index contributed by atoms with van der Waals surface area (Å²) in [5, 5.41) is 13.4. The molecule has 43 heavy (non-hydrogen) atoms. The molecule has 1 heteroatoms. The highest BCUT2D eigenvalue weighted by molar-refractivity contribution is 7.19. The summed E-state index contributed by atoms with van der Waals surface area (Å²) >= 11 is 0. The van der Waals surface area contributed by atoms with Gasteiger partial charge in [-0.1, -0.05) is 176 Å². The quantitative estimate of drug-likeness (QED) is 0.113. The number of fused-ring (bicyclic) bond motifs is 6. The van der Waals surface area contributed by atoms with Crippen LogP contribution in [-0.2, 0) is 0 Å². The van der Waals surface area contributed by atoms with Gasteiger partial charge >= 0.3 is 0 Å². The van der Waals surface area contributed by atoms with E-state index < -0.39 is 8.07 Å². The van der Waals surface area contributed by atoms with E-state index >= 15 is 0 Å². The van der Waals surface area contributed by atoms with Gasteiger partial charge in [0.2, 0.25) is 0 Å². The molecule has 0 amide bonds. The predicted octanol–water partition coefficient (Wildman–Crippen LogP) is 8.19. The van der Waals surface area contributed by atoms with Crippen molar-refractivity contribution in [1.29, 1.82) is 0 Å². The molecule has 0 radical (unpaired) electrons. The average Bonchev–Trinajstić information content (AvgIpc) is 3.10. The minimum absolute atomic E-state index is 1.24. The summed E-state index contributed by atoms with van der Waals surface area (Å²) in [5.41, 5.74) is 2.48. The van der Waals surface area contributed by atoms with Crippen LogP contribution in [0.15, 0.2) is 182 Å². The van der Waals surface area contributed by atoms with Crippen LogP contribution in [-0.4, -0.2) is 8.07 Å². The van der Waals surface area contributed by atoms with Gasteiger partial charge in [-0.3, -0.25) is 0 Å². The van der Waals surface area contributed by atoms with E-state index in [9.17, 15) is 0 Å². The molecule has 0 heterocycles. The lowest BCUT2D eigenvalue weighted by Gasteiger charge is -2.34. The van der Waals surface area contributed by atoms with E-state index in [1.807, 2.05) is 0 Å². The number of benzene rings is 8. The Bertz CT molecular complexity index is 2070. The monoisotopic (exact) mass is 562 g/mol. The first-order chi connectivity index (χ1) is 21.3. The van der Waals surface area contributed by atoms with Crippen LogP contribution in [0.1, 0.15) is 0 Å². The molecule has 8 aromatic rings. The Kier molecular flexibility index (Phi) is 6.25. The summed E-state index contributed by atoms with van der Waals surface area (Å²) in [7, 11) is -2.53. The van der Waals surface area contributed by atoms with Crippen LogP contribution in [0.2, 0.25) is 0 Å². The summed E-state index contributed by atoms with van der Waals surface area (Å²) < 4.78 is 0. The maximum Gasteiger partial charge on any atom is 0.179 e. The van der Waals surface area contributed by atoms with Crippen LogP contribution in [0.4, 0.5) is 0 Å². The van der Waals surface area contributed by atoms with Gasteiger partial charge in [0.1, 0.15) is 0 Å². The summed E-state index contributed by atoms with van der Waals surface area (Å²) in [6.07, 6.45) is 0. The van der Waals surface area contributed by atoms with Crippen molar-refractivity contribution in [1.82, 2.24) is 0 Å². The van der Waals surface area contributed by atoms with Crippen molar-refractivity contribution in [2.24, 2.45) is 0 Å². The van der Waals surface area contributed by atoms with Crippen molar-refractivity contribution in [3.8, 4) is 11.1 Å². The molecule has 0 bridgehead atoms. The molecule has 0 nitrogen and oxygen atoms in total. The second-order valence-corrected chi connectivity index (χ2v) is 15.1. The van der Waals surface area contributed by atoms with E-state index in [0.29, 0.717) is 0 Å². The molecular formula is C42H30Si. The Labute approximate surface area is 253 Å². The minimum Gasteiger partial charge on any atom is -0.0623 e. The van der Waals surface area contributed by atoms with Crippen molar-refractivity contribution in [3.63, 3.8) is 0 Å². The molecule has 202 valence electrons. The third kappa shape index (κ3) is 4.12. The Morgan fingerprint density at radius 3 is 1.00 bits per heavy atom. The molecule has 0 N–H and O–H groups in total. The Morgan fingerprint density at radius 2 is 0.558 bits per heavy atom. The third-order valence-electron chi connectivity index (χ3n) is 9.02. The van der Waals surface area contributed by atoms with Crippen LogP contribution < -0.4 is 20.7 Å². The van der Waals surface area contributed by atoms with Crippen molar-refractivity contribution >= 4 is 61.1 Å². The molecule has 0 aliphatic carbocycles. The molecule has 0 saturated carbocycles. The highest BCUT2D eigenvalue weighted by Crippen LogP contribution is 2.36. The van der Waals surface area contributed by atoms with Gasteiger partial charge in [0, 0.05) is 0 Å². The first kappa shape index (κ1) is 25.5. The van der Waals surface area contributed by atoms with Gasteiger partial charge in [0.15, 0.2) is 8.07 Å². The molecule has 0 fully saturated rings. The zero-order valence-electron chi connectivity index (χ0n) is 23.8. The van der Waals surface area contributed by atoms with E-state index in [2.05, 4.69) is 182 Å². The van der Waals surface area contributed by atoms with Crippen molar-refractivity contribution in [2.45, 2.75) is 0 Å². The van der Waals surface area contributed by atoms with Crippen LogP contribution in [0.25, 0.3) is 43.4 Å². The second kappa shape index (κ2) is 10.5. The lowest BCUT2D eigenvalue weighted by Crippen LogP contribution is -2.74. The highest BCUT2D eigenvalue weighted by Gasteiger charge is 2.41. The van der Waals surface area contributed by atoms with Crippen LogP contribution in [0, 0.1) is 0 Å². The molecule has 8 rings (SSSR count). The molecule has 0 aromatic heterocycles. The fourth-order valence-corrected chi connectivity index (χ4v) is 11.8. The minimum atomic E-state index is -2.53. The fourth-order valence-electron chi connectivity index (χ4n) is 7.06. The first-order valence-electron chi connectivity index (χ1n) is 14.9. The number of hydrogen-bond acceptors (Lipinski definition) is 0. The highest BCUT2D eigenvalue weighted by atomic mass is 28.3. The maximum atomic E-state index is 2.39. The van der Waals surface area contributed by atoms with Crippen molar-refractivity contribution in [3.05, 3.63) is 182 Å². The van der Waals surface area contributed by atoms with E-state index in [0.717, 1.165) is 0 Å². The molecular weight excluding hydrogens is 533 g/mol. The summed E-state index contributed by atoms with van der Waals surface area (Å²) in [6, 6.07) is 67.3. The van der Waals surface area contributed by atoms with Gasteiger partial charge in [-0.2, -0.15) is 0 Å². The summed E-state index contributed by atoms with van der Waals surface area (Å²) in [4.78, 5) is 0. The van der Waals surface area contributed by atoms with E-state index in [-0.39, 0.29) is 0 Å². The number of rotatable bonds is 5. The third-order valence-corrected chi connectivity index (χ3v) is 13.8. The first-order valence-corrected chi connectivity index (χ1v) is 16.9. The molecule has 0 unspecified atom stereocenters. The summed E-state index contributed by atoms with van der Waals surface area (Å²) in [6.45, 7) is 0. The van der Waals surface area contributed by atoms with Crippen molar-refractivity contribution < 1.29 is 0 Å². The van der Waals surface area contributed by atoms with Crippen LogP contribution in [0.5, 0.6) is 0 Å². The van der Waals surface area contributed by atoms with E-state index in [4.69, 9.17) is 0 Å². The molecule has 8 aromatic carbocycles. The van der Waals surface area contributed by atoms with E-state index in [1.165, 1.54) is 64.2 Å². The van der Waals surface area contributed by atoms with Gasteiger partial charge in [-0.05, 0) is 70.3 Å². The smallest absolute Gasteiger partial charge is 0.0623 e. The lowest BCUT2D eigenvalue weighted by atomic mass is 9.92. The zero-order chi connectivity index (χ0) is 28.6. The molecule has 0 saturated heterocycles. The standard InChI is InChI=1S/C42H30Si/c1-4-14-33(15-5-1)43(34-16-6-2-7-17-34,35-18-8-3-9-19-35)36-27-24-31(25-28-36)32-26-29-41-39-22-11-10-20-37(39)38-21-12-13-23-40(38)42(41)30-32/h1-30H. The van der Waals surface area contributed by atoms with Crippen LogP contribution in [0.3, 0.4) is 0 Å². The van der Waals surface area contributed by atoms with E-state index in [1.54, 1.807) is 0 Å². The van der Waals surface area contributed by atoms with Gasteiger partial charge in [0.05, 0.1) is 0 Å². The Balaban J connectivity index is 1.33. The maximum absolute atomic E-state index is 2.53. The fraction of sp³-hybridized carbons (Fsp3) is 0. The summed E-state index contributed by atoms with van der Waals surface area (Å²) in [5.74, 6) is 0. The normalized spacial score (nSPS) is 11.7. The van der Waals surface area contributed by atoms with Gasteiger partial charge in [-0.15, -0.1) is 0 Å². The largest absolute Gasteiger partial charge is 0.179 e. The molecule has 0 spiro atoms. The molecule has 0 aliphatic rings. The molecule has 0 aliphatic heterocycles. The zero-order valence-corrected chi connectivity index (χ0v) is 24.8. The second-order valence-electron chi connectivity index (χ2n) is 11.3. The van der Waals surface area contributed by atoms with Gasteiger partial charge < -0.3 is 0 Å². The Hall–Kier alpha value is -5.24. The Morgan fingerprint density at radius 1 is 0.233 bits per heavy atom.